The Hall–Kier alpha value is 0.0900. The molecular weight excluding hydrogens is 404 g/mol. The van der Waals surface area contributed by atoms with Crippen molar-refractivity contribution < 1.29 is 4.79 Å². The van der Waals surface area contributed by atoms with Gasteiger partial charge in [0, 0.05) is 17.1 Å². The van der Waals surface area contributed by atoms with Crippen molar-refractivity contribution in [2.24, 2.45) is 5.92 Å². The number of hydrogen-bond donors (Lipinski definition) is 1. The molecule has 1 atom stereocenters. The summed E-state index contributed by atoms with van der Waals surface area (Å²) in [7, 11) is 0. The Bertz CT molecular complexity index is 450. The number of thiophene rings is 1. The van der Waals surface area contributed by atoms with Gasteiger partial charge in [-0.25, -0.2) is 0 Å². The zero-order valence-electron chi connectivity index (χ0n) is 11.8. The highest BCUT2D eigenvalue weighted by atomic mass is 79.9. The molecule has 3 nitrogen and oxygen atoms in total. The first kappa shape index (κ1) is 16.5. The van der Waals surface area contributed by atoms with Gasteiger partial charge < -0.3 is 10.2 Å². The van der Waals surface area contributed by atoms with Crippen LogP contribution in [0.1, 0.15) is 36.4 Å². The van der Waals surface area contributed by atoms with Gasteiger partial charge in [-0.15, -0.1) is 11.3 Å². The Morgan fingerprint density at radius 2 is 2.30 bits per heavy atom. The van der Waals surface area contributed by atoms with Crippen LogP contribution < -0.4 is 5.32 Å². The Kier molecular flexibility index (Phi) is 6.08. The molecule has 1 unspecified atom stereocenters. The Morgan fingerprint density at radius 3 is 2.80 bits per heavy atom. The van der Waals surface area contributed by atoms with Crippen molar-refractivity contribution >= 4 is 49.1 Å². The SMILES string of the molecule is CC(C)N(CC1CCCNC1)C(=O)c1cc(Br)c(Br)s1. The van der Waals surface area contributed by atoms with E-state index in [4.69, 9.17) is 0 Å². The smallest absolute Gasteiger partial charge is 0.264 e. The number of hydrogen-bond acceptors (Lipinski definition) is 3. The Balaban J connectivity index is 2.09. The lowest BCUT2D eigenvalue weighted by molar-refractivity contribution is 0.0666. The van der Waals surface area contributed by atoms with Crippen LogP contribution in [0.15, 0.2) is 14.3 Å². The van der Waals surface area contributed by atoms with E-state index in [1.54, 1.807) is 0 Å². The fourth-order valence-electron chi connectivity index (χ4n) is 2.48. The highest BCUT2D eigenvalue weighted by molar-refractivity contribution is 9.13. The molecule has 2 heterocycles. The van der Waals surface area contributed by atoms with Gasteiger partial charge in [-0.1, -0.05) is 0 Å². The second-order valence-corrected chi connectivity index (χ2v) is 8.72. The average molecular weight is 424 g/mol. The van der Waals surface area contributed by atoms with Crippen LogP contribution in [0.5, 0.6) is 0 Å². The minimum absolute atomic E-state index is 0.141. The first-order chi connectivity index (χ1) is 9.49. The molecule has 20 heavy (non-hydrogen) atoms. The Morgan fingerprint density at radius 1 is 1.55 bits per heavy atom. The van der Waals surface area contributed by atoms with Crippen molar-refractivity contribution in [3.8, 4) is 0 Å². The summed E-state index contributed by atoms with van der Waals surface area (Å²) in [6, 6.07) is 2.13. The van der Waals surface area contributed by atoms with Gasteiger partial charge in [-0.3, -0.25) is 4.79 Å². The number of halogens is 2. The van der Waals surface area contributed by atoms with Gasteiger partial charge in [0.25, 0.3) is 5.91 Å². The van der Waals surface area contributed by atoms with Crippen LogP contribution in [0.2, 0.25) is 0 Å². The van der Waals surface area contributed by atoms with Crippen LogP contribution in [0.25, 0.3) is 0 Å². The average Bonchev–Trinajstić information content (AvgIpc) is 2.76. The predicted molar refractivity (Wildman–Crippen MR) is 91.5 cm³/mol. The molecule has 0 bridgehead atoms. The second kappa shape index (κ2) is 7.38. The maximum Gasteiger partial charge on any atom is 0.264 e. The highest BCUT2D eigenvalue weighted by Crippen LogP contribution is 2.33. The minimum Gasteiger partial charge on any atom is -0.335 e. The van der Waals surface area contributed by atoms with E-state index in [9.17, 15) is 4.79 Å². The van der Waals surface area contributed by atoms with Gasteiger partial charge in [0.15, 0.2) is 0 Å². The fraction of sp³-hybridized carbons (Fsp3) is 0.643. The van der Waals surface area contributed by atoms with Crippen LogP contribution in [-0.2, 0) is 0 Å². The molecule has 6 heteroatoms. The Labute approximate surface area is 141 Å². The molecule has 0 aromatic carbocycles. The van der Waals surface area contributed by atoms with Crippen molar-refractivity contribution in [2.45, 2.75) is 32.7 Å². The standard InChI is InChI=1S/C14H20Br2N2OS/c1-9(2)18(8-10-4-3-5-17-7-10)14(19)12-6-11(15)13(16)20-12/h6,9-10,17H,3-5,7-8H2,1-2H3. The molecule has 1 aliphatic heterocycles. The van der Waals surface area contributed by atoms with Gasteiger partial charge in [-0.2, -0.15) is 0 Å². The third kappa shape index (κ3) is 4.06. The number of amides is 1. The highest BCUT2D eigenvalue weighted by Gasteiger charge is 2.25. The summed E-state index contributed by atoms with van der Waals surface area (Å²) in [5.74, 6) is 0.712. The van der Waals surface area contributed by atoms with E-state index < -0.39 is 0 Å². The number of rotatable bonds is 4. The third-order valence-corrected chi connectivity index (χ3v) is 6.84. The van der Waals surface area contributed by atoms with Crippen molar-refractivity contribution in [2.75, 3.05) is 19.6 Å². The van der Waals surface area contributed by atoms with E-state index in [1.165, 1.54) is 24.2 Å². The number of nitrogens with one attached hydrogen (secondary N) is 1. The summed E-state index contributed by atoms with van der Waals surface area (Å²) >= 11 is 8.40. The molecule has 0 saturated carbocycles. The summed E-state index contributed by atoms with van der Waals surface area (Å²) in [5.41, 5.74) is 0. The van der Waals surface area contributed by atoms with E-state index in [0.29, 0.717) is 5.92 Å². The normalized spacial score (nSPS) is 19.4. The van der Waals surface area contributed by atoms with Crippen LogP contribution >= 0.6 is 43.2 Å². The van der Waals surface area contributed by atoms with Gasteiger partial charge in [0.1, 0.15) is 0 Å². The summed E-state index contributed by atoms with van der Waals surface area (Å²) < 4.78 is 1.93. The van der Waals surface area contributed by atoms with Gasteiger partial charge in [0.2, 0.25) is 0 Å². The summed E-state index contributed by atoms with van der Waals surface area (Å²) in [4.78, 5) is 15.5. The van der Waals surface area contributed by atoms with Gasteiger partial charge >= 0.3 is 0 Å². The number of carbonyl (C=O) groups is 1. The summed E-state index contributed by atoms with van der Waals surface area (Å²) in [5, 5.41) is 3.42. The number of carbonyl (C=O) groups excluding carboxylic acids is 1. The topological polar surface area (TPSA) is 32.3 Å². The van der Waals surface area contributed by atoms with Gasteiger partial charge in [0.05, 0.1) is 8.66 Å². The molecular formula is C14H20Br2N2OS. The van der Waals surface area contributed by atoms with Crippen molar-refractivity contribution in [1.82, 2.24) is 10.2 Å². The van der Waals surface area contributed by atoms with E-state index in [0.717, 1.165) is 32.8 Å². The molecule has 0 aliphatic carbocycles. The molecule has 1 saturated heterocycles. The number of nitrogens with zero attached hydrogens (tertiary/aromatic N) is 1. The molecule has 0 spiro atoms. The van der Waals surface area contributed by atoms with Crippen LogP contribution in [-0.4, -0.2) is 36.5 Å². The predicted octanol–water partition coefficient (Wildman–Crippen LogP) is 4.12. The number of piperidine rings is 1. The first-order valence-corrected chi connectivity index (χ1v) is 9.35. The molecule has 1 amide bonds. The second-order valence-electron chi connectivity index (χ2n) is 5.50. The van der Waals surface area contributed by atoms with E-state index in [2.05, 4.69) is 51.0 Å². The maximum absolute atomic E-state index is 12.7. The molecule has 112 valence electrons. The van der Waals surface area contributed by atoms with Gasteiger partial charge in [-0.05, 0) is 83.6 Å². The largest absolute Gasteiger partial charge is 0.335 e. The van der Waals surface area contributed by atoms with Crippen LogP contribution in [0.3, 0.4) is 0 Å². The summed E-state index contributed by atoms with van der Waals surface area (Å²) in [6.45, 7) is 7.15. The minimum atomic E-state index is 0.141. The van der Waals surface area contributed by atoms with E-state index in [1.807, 2.05) is 11.0 Å². The summed E-state index contributed by atoms with van der Waals surface area (Å²) in [6.07, 6.45) is 2.42. The zero-order chi connectivity index (χ0) is 14.7. The zero-order valence-corrected chi connectivity index (χ0v) is 15.8. The molecule has 1 aromatic rings. The fourth-order valence-corrected chi connectivity index (χ4v) is 4.47. The lowest BCUT2D eigenvalue weighted by Gasteiger charge is -2.32. The molecule has 1 N–H and O–H groups in total. The molecule has 2 rings (SSSR count). The molecule has 1 aromatic heterocycles. The monoisotopic (exact) mass is 422 g/mol. The molecule has 1 aliphatic rings. The van der Waals surface area contributed by atoms with Crippen molar-refractivity contribution in [3.05, 3.63) is 19.2 Å². The van der Waals surface area contributed by atoms with Crippen LogP contribution in [0.4, 0.5) is 0 Å². The first-order valence-electron chi connectivity index (χ1n) is 6.95. The van der Waals surface area contributed by atoms with Crippen LogP contribution in [0, 0.1) is 5.92 Å². The quantitative estimate of drug-likeness (QED) is 0.789. The molecule has 0 radical (unpaired) electrons. The lowest BCUT2D eigenvalue weighted by Crippen LogP contribution is -2.44. The lowest BCUT2D eigenvalue weighted by atomic mass is 9.98. The van der Waals surface area contributed by atoms with Crippen molar-refractivity contribution in [3.63, 3.8) is 0 Å². The van der Waals surface area contributed by atoms with E-state index >= 15 is 0 Å². The van der Waals surface area contributed by atoms with Crippen molar-refractivity contribution in [1.29, 1.82) is 0 Å². The third-order valence-electron chi connectivity index (χ3n) is 3.59. The van der Waals surface area contributed by atoms with E-state index in [-0.39, 0.29) is 11.9 Å². The maximum atomic E-state index is 12.7. The molecule has 1 fully saturated rings.